The number of halogens is 3. The van der Waals surface area contributed by atoms with Crippen molar-refractivity contribution in [3.05, 3.63) is 70.0 Å². The van der Waals surface area contributed by atoms with E-state index in [9.17, 15) is 27.6 Å². The van der Waals surface area contributed by atoms with Gasteiger partial charge >= 0.3 is 12.3 Å². The Morgan fingerprint density at radius 3 is 2.38 bits per heavy atom. The van der Waals surface area contributed by atoms with Crippen molar-refractivity contribution in [2.75, 3.05) is 59.5 Å². The fourth-order valence-corrected chi connectivity index (χ4v) is 5.20. The quantitative estimate of drug-likeness (QED) is 0.389. The van der Waals surface area contributed by atoms with Gasteiger partial charge in [-0.2, -0.15) is 13.2 Å². The minimum Gasteiger partial charge on any atom is -0.432 e. The van der Waals surface area contributed by atoms with E-state index in [1.807, 2.05) is 0 Å². The van der Waals surface area contributed by atoms with Crippen molar-refractivity contribution in [3.8, 4) is 11.3 Å². The number of hydrogen-bond acceptors (Lipinski definition) is 9. The Bertz CT molecular complexity index is 1530. The van der Waals surface area contributed by atoms with Crippen molar-refractivity contribution < 1.29 is 51.2 Å². The van der Waals surface area contributed by atoms with Crippen LogP contribution in [0.15, 0.2) is 53.3 Å². The Morgan fingerprint density at radius 2 is 1.60 bits per heavy atom. The van der Waals surface area contributed by atoms with E-state index in [0.717, 1.165) is 6.07 Å². The molecule has 0 radical (unpaired) electrons. The third-order valence-electron chi connectivity index (χ3n) is 7.40. The zero-order valence-electron chi connectivity index (χ0n) is 24.2. The molecule has 0 aliphatic carbocycles. The maximum Gasteiger partial charge on any atom is 0.508 e. The van der Waals surface area contributed by atoms with Crippen LogP contribution in [-0.4, -0.2) is 88.7 Å². The first-order chi connectivity index (χ1) is 21.7. The van der Waals surface area contributed by atoms with Gasteiger partial charge in [0.2, 0.25) is 5.91 Å². The van der Waals surface area contributed by atoms with Crippen LogP contribution in [0.5, 0.6) is 0 Å². The van der Waals surface area contributed by atoms with E-state index in [2.05, 4.69) is 10.3 Å². The molecular formula is C31H33F3N2O9. The van der Waals surface area contributed by atoms with E-state index in [1.54, 1.807) is 18.2 Å². The van der Waals surface area contributed by atoms with Gasteiger partial charge in [-0.1, -0.05) is 30.3 Å². The first-order valence-corrected chi connectivity index (χ1v) is 14.5. The van der Waals surface area contributed by atoms with Gasteiger partial charge in [0, 0.05) is 16.6 Å². The molecule has 3 aromatic rings. The van der Waals surface area contributed by atoms with E-state index in [0.29, 0.717) is 44.0 Å². The number of hydrogen-bond donors (Lipinski definition) is 2. The van der Waals surface area contributed by atoms with Crippen LogP contribution in [0.25, 0.3) is 22.0 Å². The van der Waals surface area contributed by atoms with Crippen molar-refractivity contribution in [2.45, 2.75) is 30.7 Å². The van der Waals surface area contributed by atoms with Gasteiger partial charge in [0.25, 0.3) is 5.56 Å². The molecule has 2 unspecified atom stereocenters. The van der Waals surface area contributed by atoms with Crippen LogP contribution >= 0.6 is 0 Å². The number of fused-ring (bicyclic) bond motifs is 1. The summed E-state index contributed by atoms with van der Waals surface area (Å²) in [6, 6.07) is 10.8. The lowest BCUT2D eigenvalue weighted by Crippen LogP contribution is -2.33. The Labute approximate surface area is 255 Å². The fourth-order valence-electron chi connectivity index (χ4n) is 5.20. The monoisotopic (exact) mass is 634 g/mol. The molecular weight excluding hydrogens is 601 g/mol. The van der Waals surface area contributed by atoms with E-state index < -0.39 is 41.5 Å². The number of benzene rings is 2. The van der Waals surface area contributed by atoms with Crippen LogP contribution in [0, 0.1) is 0 Å². The van der Waals surface area contributed by atoms with Gasteiger partial charge in [-0.25, -0.2) is 4.79 Å². The molecule has 2 saturated heterocycles. The molecule has 45 heavy (non-hydrogen) atoms. The molecule has 2 aliphatic heterocycles. The van der Waals surface area contributed by atoms with E-state index >= 15 is 0 Å². The molecule has 0 spiro atoms. The van der Waals surface area contributed by atoms with E-state index in [4.69, 9.17) is 28.4 Å². The highest BCUT2D eigenvalue weighted by Crippen LogP contribution is 2.37. The third kappa shape index (κ3) is 8.60. The molecule has 1 aromatic heterocycles. The number of H-pyrrole nitrogens is 1. The molecule has 3 atom stereocenters. The maximum absolute atomic E-state index is 13.5. The molecule has 11 nitrogen and oxygen atoms in total. The van der Waals surface area contributed by atoms with Crippen molar-refractivity contribution in [1.82, 2.24) is 10.3 Å². The van der Waals surface area contributed by atoms with Crippen LogP contribution in [0.1, 0.15) is 23.5 Å². The number of aromatic nitrogens is 1. The molecule has 14 heteroatoms. The zero-order valence-corrected chi connectivity index (χ0v) is 24.2. The summed E-state index contributed by atoms with van der Waals surface area (Å²) in [6.07, 6.45) is -5.76. The van der Waals surface area contributed by atoms with Crippen molar-refractivity contribution in [1.29, 1.82) is 0 Å². The van der Waals surface area contributed by atoms with Crippen molar-refractivity contribution >= 4 is 22.8 Å². The molecule has 0 bridgehead atoms. The molecule has 2 aliphatic rings. The SMILES string of the molecule is O=C(OCC1C[C@@H](c2ccc3cc(-c4ccccc4C(F)(F)F)[nH]c(=O)c3c2)C(=O)N1)OCC1COCCOCCOCCO1. The van der Waals surface area contributed by atoms with Crippen molar-refractivity contribution in [3.63, 3.8) is 0 Å². The fraction of sp³-hybridized carbons (Fsp3) is 0.452. The number of carbonyl (C=O) groups excluding carboxylic acids is 2. The Kier molecular flexibility index (Phi) is 10.7. The van der Waals surface area contributed by atoms with E-state index in [1.165, 1.54) is 24.3 Å². The molecule has 3 heterocycles. The normalized spacial score (nSPS) is 21.8. The summed E-state index contributed by atoms with van der Waals surface area (Å²) in [5.41, 5.74) is -1.01. The highest BCUT2D eigenvalue weighted by atomic mass is 19.4. The molecule has 242 valence electrons. The predicted molar refractivity (Wildman–Crippen MR) is 154 cm³/mol. The molecule has 1 amide bonds. The Balaban J connectivity index is 1.17. The van der Waals surface area contributed by atoms with Crippen LogP contribution in [-0.2, 0) is 39.4 Å². The summed E-state index contributed by atoms with van der Waals surface area (Å²) in [5.74, 6) is -0.939. The summed E-state index contributed by atoms with van der Waals surface area (Å²) >= 11 is 0. The number of rotatable bonds is 6. The second-order valence-corrected chi connectivity index (χ2v) is 10.6. The van der Waals surface area contributed by atoms with Crippen molar-refractivity contribution in [2.24, 2.45) is 0 Å². The Morgan fingerprint density at radius 1 is 0.889 bits per heavy atom. The first kappa shape index (κ1) is 32.4. The second-order valence-electron chi connectivity index (χ2n) is 10.6. The van der Waals surface area contributed by atoms with Gasteiger partial charge in [0.15, 0.2) is 0 Å². The van der Waals surface area contributed by atoms with Crippen LogP contribution in [0.4, 0.5) is 18.0 Å². The van der Waals surface area contributed by atoms with E-state index in [-0.39, 0.29) is 55.4 Å². The lowest BCUT2D eigenvalue weighted by Gasteiger charge is -2.19. The molecule has 2 fully saturated rings. The molecule has 5 rings (SSSR count). The standard InChI is InChI=1S/C31H33F3N2O9/c32-31(33,34)26-4-2-1-3-23(26)27-14-20-6-5-19(13-24(20)29(38)36-27)25-15-21(35-28(25)37)16-44-30(39)45-18-22-17-42-10-9-40-7-8-41-11-12-43-22/h1-6,13-14,21-22,25H,7-12,15-18H2,(H,35,37)(H,36,38)/t21?,22?,25-/m0/s1. The molecule has 0 saturated carbocycles. The summed E-state index contributed by atoms with van der Waals surface area (Å²) in [6.45, 7) is 2.28. The lowest BCUT2D eigenvalue weighted by atomic mass is 9.93. The number of alkyl halides is 3. The summed E-state index contributed by atoms with van der Waals surface area (Å²) in [7, 11) is 0. The predicted octanol–water partition coefficient (Wildman–Crippen LogP) is 3.79. The van der Waals surface area contributed by atoms with Gasteiger partial charge < -0.3 is 38.7 Å². The molecule has 2 N–H and O–H groups in total. The summed E-state index contributed by atoms with van der Waals surface area (Å²) < 4.78 is 72.9. The number of nitrogens with one attached hydrogen (secondary N) is 2. The average molecular weight is 635 g/mol. The summed E-state index contributed by atoms with van der Waals surface area (Å²) in [5, 5.41) is 3.44. The van der Waals surface area contributed by atoms with Crippen LogP contribution < -0.4 is 10.9 Å². The highest BCUT2D eigenvalue weighted by Gasteiger charge is 2.35. The smallest absolute Gasteiger partial charge is 0.432 e. The minimum absolute atomic E-state index is 0.0323. The Hall–Kier alpha value is -3.98. The van der Waals surface area contributed by atoms with Gasteiger partial charge in [-0.15, -0.1) is 0 Å². The average Bonchev–Trinajstić information content (AvgIpc) is 3.39. The van der Waals surface area contributed by atoms with Gasteiger partial charge in [0.1, 0.15) is 19.3 Å². The number of ether oxygens (including phenoxy) is 6. The largest absolute Gasteiger partial charge is 0.508 e. The number of carbonyl (C=O) groups is 2. The minimum atomic E-state index is -4.60. The van der Waals surface area contributed by atoms with Crippen LogP contribution in [0.3, 0.4) is 0 Å². The maximum atomic E-state index is 13.5. The first-order valence-electron chi connectivity index (χ1n) is 14.5. The van der Waals surface area contributed by atoms with Crippen LogP contribution in [0.2, 0.25) is 0 Å². The zero-order chi connectivity index (χ0) is 31.8. The third-order valence-corrected chi connectivity index (χ3v) is 7.40. The van der Waals surface area contributed by atoms with Gasteiger partial charge in [-0.3, -0.25) is 9.59 Å². The lowest BCUT2D eigenvalue weighted by molar-refractivity contribution is -0.137. The van der Waals surface area contributed by atoms with Gasteiger partial charge in [-0.05, 0) is 35.6 Å². The summed E-state index contributed by atoms with van der Waals surface area (Å²) in [4.78, 5) is 40.5. The number of pyridine rings is 1. The topological polar surface area (TPSA) is 134 Å². The van der Waals surface area contributed by atoms with Gasteiger partial charge in [0.05, 0.1) is 63.8 Å². The number of aromatic amines is 1. The number of amides is 1. The highest BCUT2D eigenvalue weighted by molar-refractivity contribution is 5.90. The molecule has 2 aromatic carbocycles. The second kappa shape index (κ2) is 14.9.